The first-order valence-electron chi connectivity index (χ1n) is 5.94. The highest BCUT2D eigenvalue weighted by Crippen LogP contribution is 2.49. The average Bonchev–Trinajstić information content (AvgIpc) is 2.22. The highest BCUT2D eigenvalue weighted by atomic mass is 31.2. The summed E-state index contributed by atoms with van der Waals surface area (Å²) in [6, 6.07) is 0. The first-order valence-corrected chi connectivity index (χ1v) is 10.0. The number of hydrogen-bond donors (Lipinski definition) is 2. The monoisotopic (exact) mass is 270 g/mol. The molecule has 6 heteroatoms. The lowest BCUT2D eigenvalue weighted by Gasteiger charge is -2.14. The number of rotatable bonds is 9. The fourth-order valence-corrected chi connectivity index (χ4v) is 5.91. The van der Waals surface area contributed by atoms with E-state index in [9.17, 15) is 18.9 Å². The van der Waals surface area contributed by atoms with Crippen molar-refractivity contribution < 1.29 is 18.9 Å². The third kappa shape index (κ3) is 8.52. The molecule has 0 fully saturated rings. The molecule has 0 aromatic heterocycles. The van der Waals surface area contributed by atoms with Crippen molar-refractivity contribution >= 4 is 14.7 Å². The molecule has 16 heavy (non-hydrogen) atoms. The van der Waals surface area contributed by atoms with Gasteiger partial charge in [-0.2, -0.15) is 0 Å². The number of hydrogen-bond acceptors (Lipinski definition) is 2. The summed E-state index contributed by atoms with van der Waals surface area (Å²) in [5.41, 5.74) is 0. The minimum absolute atomic E-state index is 0.00943. The van der Waals surface area contributed by atoms with E-state index in [-0.39, 0.29) is 24.6 Å². The van der Waals surface area contributed by atoms with Gasteiger partial charge in [-0.3, -0.25) is 9.13 Å². The lowest BCUT2D eigenvalue weighted by molar-refractivity contribution is 0.465. The van der Waals surface area contributed by atoms with Gasteiger partial charge in [-0.1, -0.05) is 26.7 Å². The van der Waals surface area contributed by atoms with E-state index in [4.69, 9.17) is 0 Å². The van der Waals surface area contributed by atoms with Crippen LogP contribution in [-0.2, 0) is 9.13 Å². The molecular formula is C10H24O4P2. The molecule has 0 aliphatic carbocycles. The molecule has 0 radical (unpaired) electrons. The summed E-state index contributed by atoms with van der Waals surface area (Å²) in [5.74, 6) is 0. The molecule has 0 aromatic rings. The van der Waals surface area contributed by atoms with E-state index in [0.717, 1.165) is 12.8 Å². The first kappa shape index (κ1) is 16.4. The fraction of sp³-hybridized carbons (Fsp3) is 1.00. The zero-order valence-electron chi connectivity index (χ0n) is 10.3. The molecular weight excluding hydrogens is 246 g/mol. The Morgan fingerprint density at radius 2 is 1.06 bits per heavy atom. The van der Waals surface area contributed by atoms with Gasteiger partial charge in [-0.15, -0.1) is 0 Å². The maximum Gasteiger partial charge on any atom is 0.201 e. The van der Waals surface area contributed by atoms with Crippen molar-refractivity contribution in [3.05, 3.63) is 0 Å². The van der Waals surface area contributed by atoms with Crippen molar-refractivity contribution in [3.63, 3.8) is 0 Å². The summed E-state index contributed by atoms with van der Waals surface area (Å²) >= 11 is 0. The summed E-state index contributed by atoms with van der Waals surface area (Å²) in [5, 5.41) is 0. The molecule has 0 saturated heterocycles. The van der Waals surface area contributed by atoms with E-state index in [1.165, 1.54) is 0 Å². The second-order valence-electron chi connectivity index (χ2n) is 4.29. The predicted octanol–water partition coefficient (Wildman–Crippen LogP) is 3.13. The molecule has 0 bridgehead atoms. The minimum atomic E-state index is -3.17. The molecule has 0 heterocycles. The van der Waals surface area contributed by atoms with Crippen LogP contribution < -0.4 is 0 Å². The summed E-state index contributed by atoms with van der Waals surface area (Å²) in [4.78, 5) is 19.1. The van der Waals surface area contributed by atoms with Crippen molar-refractivity contribution in [2.75, 3.05) is 24.6 Å². The molecule has 4 nitrogen and oxygen atoms in total. The molecule has 0 rings (SSSR count). The molecule has 0 aromatic carbocycles. The van der Waals surface area contributed by atoms with Gasteiger partial charge in [-0.25, -0.2) is 0 Å². The molecule has 0 spiro atoms. The van der Waals surface area contributed by atoms with Crippen LogP contribution >= 0.6 is 14.7 Å². The van der Waals surface area contributed by atoms with Gasteiger partial charge in [0.2, 0.25) is 14.7 Å². The van der Waals surface area contributed by atoms with Crippen LogP contribution in [0.3, 0.4) is 0 Å². The Morgan fingerprint density at radius 1 is 0.750 bits per heavy atom. The average molecular weight is 270 g/mol. The molecule has 2 N–H and O–H groups in total. The third-order valence-corrected chi connectivity index (χ3v) is 6.75. The Kier molecular flexibility index (Phi) is 7.84. The van der Waals surface area contributed by atoms with Gasteiger partial charge in [0.15, 0.2) is 0 Å². The summed E-state index contributed by atoms with van der Waals surface area (Å²) in [6.45, 7) is 3.91. The fourth-order valence-electron chi connectivity index (χ4n) is 1.35. The highest BCUT2D eigenvalue weighted by molar-refractivity contribution is 7.62. The van der Waals surface area contributed by atoms with Gasteiger partial charge >= 0.3 is 0 Å². The van der Waals surface area contributed by atoms with Crippen molar-refractivity contribution in [2.45, 2.75) is 39.5 Å². The van der Waals surface area contributed by atoms with Crippen LogP contribution in [0.4, 0.5) is 0 Å². The standard InChI is InChI=1S/C10H24O4P2/c1-3-5-7-15(11,12)9-10-16(13,14)8-6-4-2/h3-10H2,1-2H3,(H,11,12)(H,13,14). The van der Waals surface area contributed by atoms with Gasteiger partial charge in [0, 0.05) is 24.6 Å². The molecule has 0 aliphatic heterocycles. The summed E-state index contributed by atoms with van der Waals surface area (Å²) in [6.07, 6.45) is 3.69. The smallest absolute Gasteiger partial charge is 0.201 e. The predicted molar refractivity (Wildman–Crippen MR) is 68.9 cm³/mol. The van der Waals surface area contributed by atoms with Crippen molar-refractivity contribution in [1.82, 2.24) is 0 Å². The molecule has 2 atom stereocenters. The third-order valence-electron chi connectivity index (χ3n) is 2.52. The first-order chi connectivity index (χ1) is 7.33. The molecule has 0 amide bonds. The van der Waals surface area contributed by atoms with E-state index in [2.05, 4.69) is 0 Å². The molecule has 0 aliphatic rings. The quantitative estimate of drug-likeness (QED) is 0.631. The maximum atomic E-state index is 11.6. The molecule has 98 valence electrons. The zero-order valence-corrected chi connectivity index (χ0v) is 12.1. The van der Waals surface area contributed by atoms with E-state index in [1.54, 1.807) is 0 Å². The topological polar surface area (TPSA) is 74.6 Å². The van der Waals surface area contributed by atoms with Crippen molar-refractivity contribution in [3.8, 4) is 0 Å². The van der Waals surface area contributed by atoms with Crippen LogP contribution in [-0.4, -0.2) is 34.4 Å². The Bertz CT molecular complexity index is 250. The van der Waals surface area contributed by atoms with E-state index in [0.29, 0.717) is 12.8 Å². The van der Waals surface area contributed by atoms with Crippen molar-refractivity contribution in [2.24, 2.45) is 0 Å². The highest BCUT2D eigenvalue weighted by Gasteiger charge is 2.24. The zero-order chi connectivity index (χ0) is 12.7. The van der Waals surface area contributed by atoms with Crippen LogP contribution in [0, 0.1) is 0 Å². The Labute approximate surface area is 98.4 Å². The van der Waals surface area contributed by atoms with Gasteiger partial charge in [0.05, 0.1) is 0 Å². The van der Waals surface area contributed by atoms with Gasteiger partial charge in [0.1, 0.15) is 0 Å². The molecule has 0 saturated carbocycles. The second kappa shape index (κ2) is 7.66. The Hall–Kier alpha value is 0.380. The SMILES string of the molecule is CCCCP(=O)(O)CCP(=O)(O)CCCC. The minimum Gasteiger partial charge on any atom is -0.344 e. The normalized spacial score (nSPS) is 19.0. The summed E-state index contributed by atoms with van der Waals surface area (Å²) < 4.78 is 23.2. The van der Waals surface area contributed by atoms with E-state index in [1.807, 2.05) is 13.8 Å². The lowest BCUT2D eigenvalue weighted by Crippen LogP contribution is -2.03. The van der Waals surface area contributed by atoms with Crippen LogP contribution in [0.2, 0.25) is 0 Å². The van der Waals surface area contributed by atoms with Gasteiger partial charge in [0.25, 0.3) is 0 Å². The van der Waals surface area contributed by atoms with Crippen LogP contribution in [0.15, 0.2) is 0 Å². The van der Waals surface area contributed by atoms with Crippen LogP contribution in [0.25, 0.3) is 0 Å². The maximum absolute atomic E-state index is 11.6. The Morgan fingerprint density at radius 3 is 1.31 bits per heavy atom. The Balaban J connectivity index is 4.02. The van der Waals surface area contributed by atoms with E-state index >= 15 is 0 Å². The largest absolute Gasteiger partial charge is 0.344 e. The lowest BCUT2D eigenvalue weighted by atomic mass is 10.4. The van der Waals surface area contributed by atoms with Gasteiger partial charge < -0.3 is 9.79 Å². The summed E-state index contributed by atoms with van der Waals surface area (Å²) in [7, 11) is -6.34. The van der Waals surface area contributed by atoms with Crippen LogP contribution in [0.1, 0.15) is 39.5 Å². The van der Waals surface area contributed by atoms with Gasteiger partial charge in [-0.05, 0) is 12.8 Å². The van der Waals surface area contributed by atoms with Crippen molar-refractivity contribution in [1.29, 1.82) is 0 Å². The number of unbranched alkanes of at least 4 members (excludes halogenated alkanes) is 2. The molecule has 2 unspecified atom stereocenters. The second-order valence-corrected chi connectivity index (χ2v) is 9.47. The van der Waals surface area contributed by atoms with E-state index < -0.39 is 14.7 Å². The van der Waals surface area contributed by atoms with Crippen LogP contribution in [0.5, 0.6) is 0 Å².